The molecule has 1 aromatic carbocycles. The number of benzene rings is 1. The lowest BCUT2D eigenvalue weighted by Gasteiger charge is -2.25. The van der Waals surface area contributed by atoms with Gasteiger partial charge >= 0.3 is 0 Å². The Morgan fingerprint density at radius 3 is 2.47 bits per heavy atom. The molecule has 0 spiro atoms. The summed E-state index contributed by atoms with van der Waals surface area (Å²) in [7, 11) is -3.63. The fourth-order valence-corrected chi connectivity index (χ4v) is 3.63. The van der Waals surface area contributed by atoms with Crippen LogP contribution in [-0.2, 0) is 10.0 Å². The number of nitrogens with two attached hydrogens (primary N) is 1. The summed E-state index contributed by atoms with van der Waals surface area (Å²) < 4.78 is 26.4. The summed E-state index contributed by atoms with van der Waals surface area (Å²) in [6.07, 6.45) is 1.55. The maximum atomic E-state index is 12.5. The molecule has 0 heterocycles. The molecule has 0 aliphatic heterocycles. The number of halogens is 1. The monoisotopic (exact) mass is 302 g/mol. The Bertz CT molecular complexity index is 559. The van der Waals surface area contributed by atoms with E-state index >= 15 is 0 Å². The molecule has 4 nitrogen and oxygen atoms in total. The quantitative estimate of drug-likeness (QED) is 0.672. The molecule has 0 saturated heterocycles. The van der Waals surface area contributed by atoms with Gasteiger partial charge in [-0.3, -0.25) is 0 Å². The van der Waals surface area contributed by atoms with Crippen molar-refractivity contribution in [2.45, 2.75) is 31.7 Å². The first-order valence-electron chi connectivity index (χ1n) is 5.90. The third-order valence-corrected chi connectivity index (χ3v) is 5.26. The third kappa shape index (κ3) is 3.29. The van der Waals surface area contributed by atoms with E-state index in [0.29, 0.717) is 16.3 Å². The molecule has 1 rings (SSSR count). The molecule has 0 radical (unpaired) electrons. The molecule has 0 atom stereocenters. The van der Waals surface area contributed by atoms with E-state index < -0.39 is 10.0 Å². The van der Waals surface area contributed by atoms with Crippen molar-refractivity contribution in [1.29, 1.82) is 0 Å². The highest BCUT2D eigenvalue weighted by Gasteiger charge is 2.26. The molecule has 0 fully saturated rings. The summed E-state index contributed by atoms with van der Waals surface area (Å²) in [5.41, 5.74) is 6.83. The van der Waals surface area contributed by atoms with Crippen LogP contribution in [0.2, 0.25) is 5.02 Å². The van der Waals surface area contributed by atoms with Crippen LogP contribution < -0.4 is 5.73 Å². The van der Waals surface area contributed by atoms with Gasteiger partial charge in [-0.1, -0.05) is 17.7 Å². The van der Waals surface area contributed by atoms with Gasteiger partial charge in [-0.25, -0.2) is 8.42 Å². The van der Waals surface area contributed by atoms with Gasteiger partial charge in [0, 0.05) is 23.3 Å². The average molecular weight is 303 g/mol. The van der Waals surface area contributed by atoms with Crippen LogP contribution in [0, 0.1) is 6.92 Å². The van der Waals surface area contributed by atoms with Crippen molar-refractivity contribution in [3.63, 3.8) is 0 Å². The van der Waals surface area contributed by atoms with Gasteiger partial charge in [-0.15, -0.1) is 6.58 Å². The molecule has 19 heavy (non-hydrogen) atoms. The Morgan fingerprint density at radius 1 is 1.47 bits per heavy atom. The minimum absolute atomic E-state index is 0.108. The van der Waals surface area contributed by atoms with Crippen molar-refractivity contribution in [3.8, 4) is 0 Å². The molecule has 0 bridgehead atoms. The minimum Gasteiger partial charge on any atom is -0.398 e. The van der Waals surface area contributed by atoms with Gasteiger partial charge in [-0.2, -0.15) is 4.31 Å². The maximum Gasteiger partial charge on any atom is 0.243 e. The van der Waals surface area contributed by atoms with Crippen molar-refractivity contribution in [3.05, 3.63) is 35.4 Å². The fraction of sp³-hybridized carbons (Fsp3) is 0.385. The number of anilines is 1. The van der Waals surface area contributed by atoms with Crippen LogP contribution in [0.25, 0.3) is 0 Å². The molecule has 6 heteroatoms. The number of rotatable bonds is 5. The van der Waals surface area contributed by atoms with E-state index in [-0.39, 0.29) is 17.5 Å². The average Bonchev–Trinajstić information content (AvgIpc) is 2.31. The van der Waals surface area contributed by atoms with Crippen LogP contribution in [0.15, 0.2) is 29.7 Å². The van der Waals surface area contributed by atoms with E-state index in [1.807, 2.05) is 0 Å². The first kappa shape index (κ1) is 16.0. The lowest BCUT2D eigenvalue weighted by atomic mass is 10.2. The Labute approximate surface area is 119 Å². The van der Waals surface area contributed by atoms with Gasteiger partial charge in [0.2, 0.25) is 10.0 Å². The highest BCUT2D eigenvalue weighted by Crippen LogP contribution is 2.28. The van der Waals surface area contributed by atoms with Crippen molar-refractivity contribution in [1.82, 2.24) is 4.31 Å². The first-order chi connectivity index (χ1) is 8.71. The zero-order valence-electron chi connectivity index (χ0n) is 11.4. The second-order valence-electron chi connectivity index (χ2n) is 4.58. The molecule has 2 N–H and O–H groups in total. The van der Waals surface area contributed by atoms with E-state index in [0.717, 1.165) is 0 Å². The SMILES string of the molecule is C=CCN(C(C)C)S(=O)(=O)c1cc(N)c(C)c(Cl)c1. The van der Waals surface area contributed by atoms with E-state index in [9.17, 15) is 8.42 Å². The first-order valence-corrected chi connectivity index (χ1v) is 7.72. The van der Waals surface area contributed by atoms with Gasteiger partial charge in [0.15, 0.2) is 0 Å². The van der Waals surface area contributed by atoms with E-state index in [1.54, 1.807) is 26.8 Å². The topological polar surface area (TPSA) is 63.4 Å². The lowest BCUT2D eigenvalue weighted by Crippen LogP contribution is -2.37. The van der Waals surface area contributed by atoms with Crippen molar-refractivity contribution < 1.29 is 8.42 Å². The van der Waals surface area contributed by atoms with Crippen LogP contribution in [0.5, 0.6) is 0 Å². The Balaban J connectivity index is 3.37. The normalized spacial score (nSPS) is 12.1. The predicted molar refractivity (Wildman–Crippen MR) is 79.8 cm³/mol. The molecule has 106 valence electrons. The number of hydrogen-bond acceptors (Lipinski definition) is 3. The highest BCUT2D eigenvalue weighted by atomic mass is 35.5. The van der Waals surface area contributed by atoms with Crippen LogP contribution in [0.3, 0.4) is 0 Å². The van der Waals surface area contributed by atoms with Gasteiger partial charge in [0.05, 0.1) is 4.90 Å². The summed E-state index contributed by atoms with van der Waals surface area (Å²) in [5.74, 6) is 0. The smallest absolute Gasteiger partial charge is 0.243 e. The summed E-state index contributed by atoms with van der Waals surface area (Å²) in [4.78, 5) is 0.108. The number of sulfonamides is 1. The molecule has 0 aliphatic carbocycles. The highest BCUT2D eigenvalue weighted by molar-refractivity contribution is 7.89. The van der Waals surface area contributed by atoms with Crippen molar-refractivity contribution in [2.75, 3.05) is 12.3 Å². The van der Waals surface area contributed by atoms with Crippen molar-refractivity contribution >= 4 is 27.3 Å². The summed E-state index contributed by atoms with van der Waals surface area (Å²) in [6.45, 7) is 9.18. The fourth-order valence-electron chi connectivity index (χ4n) is 1.67. The second-order valence-corrected chi connectivity index (χ2v) is 6.87. The molecule has 0 aliphatic rings. The lowest BCUT2D eigenvalue weighted by molar-refractivity contribution is 0.383. The standard InChI is InChI=1S/C13H19ClN2O2S/c1-5-6-16(9(2)3)19(17,18)11-7-12(14)10(4)13(15)8-11/h5,7-9H,1,6,15H2,2-4H3. The molecule has 0 amide bonds. The molecule has 1 aromatic rings. The van der Waals surface area contributed by atoms with Gasteiger partial charge in [0.25, 0.3) is 0 Å². The van der Waals surface area contributed by atoms with Gasteiger partial charge in [0.1, 0.15) is 0 Å². The van der Waals surface area contributed by atoms with Crippen molar-refractivity contribution in [2.24, 2.45) is 0 Å². The van der Waals surface area contributed by atoms with Crippen LogP contribution in [-0.4, -0.2) is 25.3 Å². The molecule has 0 aromatic heterocycles. The Hall–Kier alpha value is -1.04. The Morgan fingerprint density at radius 2 is 2.05 bits per heavy atom. The third-order valence-electron chi connectivity index (χ3n) is 2.85. The minimum atomic E-state index is -3.63. The van der Waals surface area contributed by atoms with E-state index in [1.165, 1.54) is 16.4 Å². The molecule has 0 saturated carbocycles. The van der Waals surface area contributed by atoms with Gasteiger partial charge < -0.3 is 5.73 Å². The van der Waals surface area contributed by atoms with Gasteiger partial charge in [-0.05, 0) is 38.5 Å². The summed E-state index contributed by atoms with van der Waals surface area (Å²) in [5, 5.41) is 0.348. The Kier molecular flexibility index (Phi) is 5.01. The van der Waals surface area contributed by atoms with Crippen LogP contribution >= 0.6 is 11.6 Å². The second kappa shape index (κ2) is 5.94. The zero-order chi connectivity index (χ0) is 14.8. The molecular weight excluding hydrogens is 284 g/mol. The number of nitrogens with zero attached hydrogens (tertiary/aromatic N) is 1. The summed E-state index contributed by atoms with van der Waals surface area (Å²) >= 11 is 6.00. The number of nitrogen functional groups attached to an aromatic ring is 1. The zero-order valence-corrected chi connectivity index (χ0v) is 12.9. The largest absolute Gasteiger partial charge is 0.398 e. The van der Waals surface area contributed by atoms with Crippen LogP contribution in [0.1, 0.15) is 19.4 Å². The van der Waals surface area contributed by atoms with E-state index in [4.69, 9.17) is 17.3 Å². The summed E-state index contributed by atoms with van der Waals surface area (Å²) in [6, 6.07) is 2.69. The number of hydrogen-bond donors (Lipinski definition) is 1. The van der Waals surface area contributed by atoms with Crippen LogP contribution in [0.4, 0.5) is 5.69 Å². The molecular formula is C13H19ClN2O2S. The van der Waals surface area contributed by atoms with E-state index in [2.05, 4.69) is 6.58 Å². The predicted octanol–water partition coefficient (Wildman–Crippen LogP) is 2.82. The molecule has 0 unspecified atom stereocenters. The maximum absolute atomic E-state index is 12.5.